The summed E-state index contributed by atoms with van der Waals surface area (Å²) >= 11 is 1.55. The average Bonchev–Trinajstić information content (AvgIpc) is 3.17. The number of ether oxygens (including phenoxy) is 2. The first-order valence-electron chi connectivity index (χ1n) is 12.6. The molecule has 3 aliphatic rings. The molecule has 35 heavy (non-hydrogen) atoms. The first-order valence-corrected chi connectivity index (χ1v) is 13.5. The van der Waals surface area contributed by atoms with Crippen LogP contribution < -0.4 is 0 Å². The first kappa shape index (κ1) is 28.0. The van der Waals surface area contributed by atoms with Gasteiger partial charge in [-0.15, -0.1) is 11.3 Å². The summed E-state index contributed by atoms with van der Waals surface area (Å²) in [5, 5.41) is 24.6. The fourth-order valence-corrected chi connectivity index (χ4v) is 5.88. The molecule has 1 aromatic rings. The van der Waals surface area contributed by atoms with Crippen molar-refractivity contribution in [2.45, 2.75) is 111 Å². The maximum atomic E-state index is 13.2. The molecule has 4 heterocycles. The van der Waals surface area contributed by atoms with Crippen molar-refractivity contribution in [2.24, 2.45) is 17.3 Å². The molecule has 0 radical (unpaired) electrons. The smallest absolute Gasteiger partial charge is 0.309 e. The fraction of sp³-hybridized carbons (Fsp3) is 0.741. The molecule has 0 saturated carbocycles. The molecular weight excluding hydrogens is 466 g/mol. The van der Waals surface area contributed by atoms with Crippen molar-refractivity contribution in [3.05, 3.63) is 21.7 Å². The normalized spacial score (nSPS) is 37.5. The van der Waals surface area contributed by atoms with Crippen LogP contribution in [-0.4, -0.2) is 57.0 Å². The molecule has 1 unspecified atom stereocenters. The van der Waals surface area contributed by atoms with Crippen LogP contribution in [0.4, 0.5) is 0 Å². The minimum atomic E-state index is -1.24. The minimum absolute atomic E-state index is 0.0706. The highest BCUT2D eigenvalue weighted by molar-refractivity contribution is 7.09. The van der Waals surface area contributed by atoms with Crippen LogP contribution in [0, 0.1) is 24.2 Å². The van der Waals surface area contributed by atoms with E-state index in [1.54, 1.807) is 32.1 Å². The first-order chi connectivity index (χ1) is 16.2. The third-order valence-corrected chi connectivity index (χ3v) is 8.62. The van der Waals surface area contributed by atoms with E-state index in [9.17, 15) is 19.8 Å². The van der Waals surface area contributed by atoms with Gasteiger partial charge in [0.05, 0.1) is 40.3 Å². The summed E-state index contributed by atoms with van der Waals surface area (Å²) in [6, 6.07) is 0. The number of hydrogen-bond acceptors (Lipinski definition) is 8. The molecule has 196 valence electrons. The average molecular weight is 508 g/mol. The topological polar surface area (TPSA) is 106 Å². The monoisotopic (exact) mass is 507 g/mol. The lowest BCUT2D eigenvalue weighted by molar-refractivity contribution is -0.233. The summed E-state index contributed by atoms with van der Waals surface area (Å²) in [4.78, 5) is 30.7. The molecule has 7 nitrogen and oxygen atoms in total. The zero-order valence-corrected chi connectivity index (χ0v) is 22.9. The number of aromatic nitrogens is 1. The Morgan fingerprint density at radius 3 is 2.49 bits per heavy atom. The van der Waals surface area contributed by atoms with Gasteiger partial charge >= 0.3 is 5.97 Å². The zero-order valence-electron chi connectivity index (χ0n) is 22.0. The second kappa shape index (κ2) is 10.8. The van der Waals surface area contributed by atoms with E-state index in [1.807, 2.05) is 32.2 Å². The van der Waals surface area contributed by atoms with Crippen molar-refractivity contribution < 1.29 is 29.3 Å². The van der Waals surface area contributed by atoms with Gasteiger partial charge in [0.1, 0.15) is 18.0 Å². The van der Waals surface area contributed by atoms with Gasteiger partial charge in [-0.3, -0.25) is 9.59 Å². The number of rotatable bonds is 2. The summed E-state index contributed by atoms with van der Waals surface area (Å²) in [5.41, 5.74) is 0.105. The van der Waals surface area contributed by atoms with Gasteiger partial charge in [-0.1, -0.05) is 34.1 Å². The van der Waals surface area contributed by atoms with E-state index in [4.69, 9.17) is 9.47 Å². The van der Waals surface area contributed by atoms with E-state index in [0.29, 0.717) is 0 Å². The number of aliphatic hydroxyl groups excluding tert-OH is 2. The maximum absolute atomic E-state index is 13.2. The van der Waals surface area contributed by atoms with Crippen molar-refractivity contribution in [1.29, 1.82) is 0 Å². The van der Waals surface area contributed by atoms with E-state index in [2.05, 4.69) is 11.9 Å². The van der Waals surface area contributed by atoms with E-state index >= 15 is 0 Å². The van der Waals surface area contributed by atoms with Crippen LogP contribution in [-0.2, 0) is 19.1 Å². The number of fused-ring (bicyclic) bond motifs is 12. The molecule has 2 N–H and O–H groups in total. The lowest BCUT2D eigenvalue weighted by Gasteiger charge is -2.49. The van der Waals surface area contributed by atoms with Crippen LogP contribution in [0.3, 0.4) is 0 Å². The lowest BCUT2D eigenvalue weighted by Crippen LogP contribution is -2.55. The minimum Gasteiger partial charge on any atom is -0.455 e. The zero-order chi connectivity index (χ0) is 26.1. The molecule has 0 amide bonds. The number of hydrogen-bond donors (Lipinski definition) is 2. The summed E-state index contributed by atoms with van der Waals surface area (Å²) in [6.45, 7) is 12.8. The van der Waals surface area contributed by atoms with Crippen LogP contribution >= 0.6 is 11.3 Å². The molecule has 3 fully saturated rings. The largest absolute Gasteiger partial charge is 0.455 e. The Labute approximate surface area is 212 Å². The Hall–Kier alpha value is -1.61. The number of ketones is 1. The Morgan fingerprint density at radius 1 is 1.23 bits per heavy atom. The second-order valence-electron chi connectivity index (χ2n) is 11.4. The summed E-state index contributed by atoms with van der Waals surface area (Å²) in [5.74, 6) is -1.57. The SMILES string of the molecule is C/C(=C\c1csc(C)n1)[C@H]1OC(=O)C[C@H](O)C(C)(C)C(=O)[C@H](C)[C@@H](O)[C@@H](C)CCC[C@]2(C)CC1O2. The summed E-state index contributed by atoms with van der Waals surface area (Å²) in [6.07, 6.45) is 1.83. The predicted octanol–water partition coefficient (Wildman–Crippen LogP) is 4.48. The van der Waals surface area contributed by atoms with Crippen molar-refractivity contribution in [3.63, 3.8) is 0 Å². The number of carbonyl (C=O) groups is 2. The quantitative estimate of drug-likeness (QED) is 0.569. The van der Waals surface area contributed by atoms with Crippen molar-refractivity contribution in [1.82, 2.24) is 4.98 Å². The highest BCUT2D eigenvalue weighted by atomic mass is 32.1. The van der Waals surface area contributed by atoms with Crippen LogP contribution in [0.15, 0.2) is 11.0 Å². The van der Waals surface area contributed by atoms with Gasteiger partial charge in [-0.25, -0.2) is 4.98 Å². The maximum Gasteiger partial charge on any atom is 0.309 e. The Bertz CT molecular complexity index is 947. The highest BCUT2D eigenvalue weighted by Gasteiger charge is 2.48. The molecule has 0 aliphatic carbocycles. The van der Waals surface area contributed by atoms with Crippen molar-refractivity contribution in [3.8, 4) is 0 Å². The Balaban J connectivity index is 1.87. The molecular formula is C27H41NO6S. The number of aryl methyl sites for hydroxylation is 1. The molecule has 0 spiro atoms. The van der Waals surface area contributed by atoms with E-state index < -0.39 is 35.6 Å². The fourth-order valence-electron chi connectivity index (χ4n) is 5.31. The second-order valence-corrected chi connectivity index (χ2v) is 12.4. The molecule has 2 bridgehead atoms. The number of aliphatic hydroxyl groups is 2. The molecule has 3 saturated heterocycles. The third-order valence-electron chi connectivity index (χ3n) is 7.83. The Kier molecular flexibility index (Phi) is 8.62. The van der Waals surface area contributed by atoms with Gasteiger partial charge in [0.15, 0.2) is 0 Å². The molecule has 4 rings (SSSR count). The van der Waals surface area contributed by atoms with Gasteiger partial charge < -0.3 is 19.7 Å². The Morgan fingerprint density at radius 2 is 1.89 bits per heavy atom. The molecule has 1 aromatic heterocycles. The van der Waals surface area contributed by atoms with Gasteiger partial charge in [0.2, 0.25) is 0 Å². The van der Waals surface area contributed by atoms with E-state index in [0.717, 1.165) is 42.0 Å². The predicted molar refractivity (Wildman–Crippen MR) is 136 cm³/mol. The summed E-state index contributed by atoms with van der Waals surface area (Å²) in [7, 11) is 0. The van der Waals surface area contributed by atoms with Crippen LogP contribution in [0.2, 0.25) is 0 Å². The van der Waals surface area contributed by atoms with Gasteiger partial charge in [-0.05, 0) is 51.2 Å². The number of nitrogens with zero attached hydrogens (tertiary/aromatic N) is 1. The highest BCUT2D eigenvalue weighted by Crippen LogP contribution is 2.42. The van der Waals surface area contributed by atoms with Crippen LogP contribution in [0.1, 0.15) is 84.3 Å². The van der Waals surface area contributed by atoms with Crippen molar-refractivity contribution >= 4 is 29.2 Å². The number of esters is 1. The van der Waals surface area contributed by atoms with Crippen LogP contribution in [0.5, 0.6) is 0 Å². The summed E-state index contributed by atoms with van der Waals surface area (Å²) < 4.78 is 12.2. The van der Waals surface area contributed by atoms with Crippen LogP contribution in [0.25, 0.3) is 6.08 Å². The lowest BCUT2D eigenvalue weighted by atomic mass is 9.72. The van der Waals surface area contributed by atoms with Gasteiger partial charge in [-0.2, -0.15) is 0 Å². The van der Waals surface area contributed by atoms with E-state index in [1.165, 1.54) is 0 Å². The number of Topliss-reactive ketones (excluding diaryl/α,β-unsaturated/α-hetero) is 1. The molecule has 8 heteroatoms. The third kappa shape index (κ3) is 6.40. The number of thiazole rings is 1. The standard InChI is InChI=1S/C27H41NO6S/c1-15-9-8-10-27(7)13-20(34-27)24(16(2)11-19-14-35-18(4)28-19)33-22(30)12-21(29)26(5,6)25(32)17(3)23(15)31/h11,14-15,17,20-21,23-24,29,31H,8-10,12-13H2,1-7H3/b16-11+/t15-,17+,20?,21-,23-,24+,27+/m0/s1. The molecule has 7 atom stereocenters. The molecule has 3 aliphatic heterocycles. The van der Waals surface area contributed by atoms with Gasteiger partial charge in [0, 0.05) is 17.7 Å². The van der Waals surface area contributed by atoms with E-state index in [-0.39, 0.29) is 29.8 Å². The van der Waals surface area contributed by atoms with Gasteiger partial charge in [0.25, 0.3) is 0 Å². The molecule has 0 aromatic carbocycles. The van der Waals surface area contributed by atoms with Crippen molar-refractivity contribution in [2.75, 3.05) is 0 Å². The number of carbonyl (C=O) groups excluding carboxylic acids is 2.